The van der Waals surface area contributed by atoms with Gasteiger partial charge in [-0.15, -0.1) is 47.2 Å². The van der Waals surface area contributed by atoms with Crippen molar-refractivity contribution in [3.8, 4) is 17.6 Å². The normalized spacial score (nSPS) is 12.2. The SMILES string of the molecule is CC(C)(O)C(=O)Nc1scc(S(=O)(=O)c2ccc(C#N)cc2)c1C(N)=O.CC(C)(O)C(=O)Nc1sccc1C(=O)NS(=O)(=O)c1ccc(OC(F)F)cc1.C[C@H](CO)C(=O)Nc1sc(S(=O)(=O)c2ccc(OC(F)(F)F)cc2)cc1C(N)=O. The highest BCUT2D eigenvalue weighted by Crippen LogP contribution is 2.37. The summed E-state index contributed by atoms with van der Waals surface area (Å²) in [6.45, 7) is 2.87. The second-order valence-electron chi connectivity index (χ2n) is 17.6. The van der Waals surface area contributed by atoms with E-state index in [1.54, 1.807) is 0 Å². The van der Waals surface area contributed by atoms with Gasteiger partial charge in [-0.2, -0.15) is 14.0 Å². The Kier molecular flexibility index (Phi) is 21.9. The van der Waals surface area contributed by atoms with Crippen LogP contribution in [0.3, 0.4) is 0 Å². The summed E-state index contributed by atoms with van der Waals surface area (Å²) >= 11 is 2.31. The van der Waals surface area contributed by atoms with Crippen LogP contribution in [0.15, 0.2) is 119 Å². The van der Waals surface area contributed by atoms with Crippen LogP contribution < -0.4 is 41.6 Å². The van der Waals surface area contributed by atoms with Crippen molar-refractivity contribution < 1.29 is 101 Å². The number of nitrogens with one attached hydrogen (secondary N) is 4. The minimum Gasteiger partial charge on any atom is -0.435 e. The monoisotopic (exact) mass is 1280 g/mol. The number of carbonyl (C=O) groups is 6. The lowest BCUT2D eigenvalue weighted by Crippen LogP contribution is -2.37. The van der Waals surface area contributed by atoms with E-state index in [4.69, 9.17) is 21.8 Å². The first-order valence-electron chi connectivity index (χ1n) is 22.6. The summed E-state index contributed by atoms with van der Waals surface area (Å²) in [5, 5.41) is 46.7. The molecule has 0 saturated carbocycles. The largest absolute Gasteiger partial charge is 0.573 e. The number of ether oxygens (including phenoxy) is 2. The number of primary amides is 2. The number of halogens is 5. The molecule has 0 fully saturated rings. The fourth-order valence-corrected chi connectivity index (χ4v) is 13.1. The van der Waals surface area contributed by atoms with Crippen molar-refractivity contribution in [1.29, 1.82) is 5.26 Å². The van der Waals surface area contributed by atoms with E-state index in [1.165, 1.54) is 75.7 Å². The molecule has 0 spiro atoms. The molecular formula is C48H46F5N7O17S6. The molecular weight excluding hydrogens is 1230 g/mol. The predicted molar refractivity (Wildman–Crippen MR) is 288 cm³/mol. The second-order valence-corrected chi connectivity index (χ2v) is 26.2. The number of carbonyl (C=O) groups excluding carboxylic acids is 6. The highest BCUT2D eigenvalue weighted by molar-refractivity contribution is 7.93. The van der Waals surface area contributed by atoms with Crippen LogP contribution in [0.5, 0.6) is 11.5 Å². The number of nitrogens with zero attached hydrogens (tertiary/aromatic N) is 1. The summed E-state index contributed by atoms with van der Waals surface area (Å²) in [5.74, 6) is -6.96. The number of nitrogens with two attached hydrogens (primary N) is 2. The fourth-order valence-electron chi connectivity index (χ4n) is 5.87. The number of hydrogen-bond donors (Lipinski definition) is 9. The number of sulfone groups is 2. The number of sulfonamides is 1. The first kappa shape index (κ1) is 67.6. The molecule has 0 aliphatic carbocycles. The Hall–Kier alpha value is -7.95. The molecule has 0 radical (unpaired) electrons. The van der Waals surface area contributed by atoms with Gasteiger partial charge in [-0.25, -0.2) is 30.0 Å². The van der Waals surface area contributed by atoms with Crippen molar-refractivity contribution in [1.82, 2.24) is 4.72 Å². The quantitative estimate of drug-likeness (QED) is 0.0447. The molecule has 3 aromatic carbocycles. The maximum atomic E-state index is 12.8. The molecule has 35 heteroatoms. The number of rotatable bonds is 19. The maximum Gasteiger partial charge on any atom is 0.573 e. The highest BCUT2D eigenvalue weighted by atomic mass is 32.2. The number of aliphatic hydroxyl groups is 3. The third-order valence-corrected chi connectivity index (χ3v) is 18.5. The summed E-state index contributed by atoms with van der Waals surface area (Å²) in [7, 11) is -12.6. The van der Waals surface area contributed by atoms with Gasteiger partial charge in [-0.1, -0.05) is 6.92 Å². The average molecular weight is 1280 g/mol. The molecule has 6 aromatic rings. The molecule has 11 N–H and O–H groups in total. The molecule has 446 valence electrons. The van der Waals surface area contributed by atoms with E-state index >= 15 is 0 Å². The van der Waals surface area contributed by atoms with Crippen molar-refractivity contribution in [3.63, 3.8) is 0 Å². The van der Waals surface area contributed by atoms with Gasteiger partial charge in [0.05, 0.1) is 60.4 Å². The zero-order valence-corrected chi connectivity index (χ0v) is 48.0. The Morgan fingerprint density at radius 2 is 1.19 bits per heavy atom. The van der Waals surface area contributed by atoms with Crippen LogP contribution in [0, 0.1) is 17.2 Å². The molecule has 3 aromatic heterocycles. The Balaban J connectivity index is 0.000000268. The van der Waals surface area contributed by atoms with Crippen molar-refractivity contribution >= 4 is 114 Å². The molecule has 6 rings (SSSR count). The fraction of sp³-hybridized carbons (Fsp3) is 0.229. The van der Waals surface area contributed by atoms with E-state index in [0.717, 1.165) is 77.3 Å². The topological polar surface area (TPSA) is 408 Å². The summed E-state index contributed by atoms with van der Waals surface area (Å²) in [6.07, 6.45) is -4.93. The van der Waals surface area contributed by atoms with Gasteiger partial charge in [-0.05, 0) is 118 Å². The first-order valence-corrected chi connectivity index (χ1v) is 29.7. The summed E-state index contributed by atoms with van der Waals surface area (Å²) in [5.41, 5.74) is 6.63. The van der Waals surface area contributed by atoms with E-state index in [-0.39, 0.29) is 66.8 Å². The number of thiophene rings is 3. The van der Waals surface area contributed by atoms with Crippen molar-refractivity contribution in [3.05, 3.63) is 118 Å². The second kappa shape index (κ2) is 27.0. The third kappa shape index (κ3) is 18.3. The summed E-state index contributed by atoms with van der Waals surface area (Å²) in [6, 6.07) is 16.8. The highest BCUT2D eigenvalue weighted by Gasteiger charge is 2.34. The van der Waals surface area contributed by atoms with Crippen LogP contribution in [-0.2, 0) is 44.1 Å². The number of benzene rings is 3. The number of nitriles is 1. The number of amides is 6. The van der Waals surface area contributed by atoms with Gasteiger partial charge in [0, 0.05) is 5.38 Å². The van der Waals surface area contributed by atoms with E-state index in [0.29, 0.717) is 11.3 Å². The maximum absolute atomic E-state index is 12.8. The van der Waals surface area contributed by atoms with E-state index < -0.39 is 108 Å². The molecule has 1 atom stereocenters. The lowest BCUT2D eigenvalue weighted by molar-refractivity contribution is -0.274. The van der Waals surface area contributed by atoms with Gasteiger partial charge in [0.15, 0.2) is 0 Å². The zero-order chi connectivity index (χ0) is 62.8. The van der Waals surface area contributed by atoms with Gasteiger partial charge in [0.2, 0.25) is 25.6 Å². The average Bonchev–Trinajstić information content (AvgIpc) is 4.40. The zero-order valence-electron chi connectivity index (χ0n) is 43.1. The number of hydrogen-bond acceptors (Lipinski definition) is 21. The van der Waals surface area contributed by atoms with Crippen molar-refractivity contribution in [2.45, 2.75) is 82.6 Å². The van der Waals surface area contributed by atoms with Gasteiger partial charge >= 0.3 is 13.0 Å². The molecule has 6 amide bonds. The Morgan fingerprint density at radius 1 is 0.687 bits per heavy atom. The van der Waals surface area contributed by atoms with Crippen LogP contribution in [0.2, 0.25) is 0 Å². The Bertz CT molecular complexity index is 3780. The van der Waals surface area contributed by atoms with Crippen LogP contribution in [0.1, 0.15) is 71.3 Å². The number of anilines is 3. The molecule has 3 heterocycles. The van der Waals surface area contributed by atoms with Crippen molar-refractivity contribution in [2.24, 2.45) is 17.4 Å². The molecule has 83 heavy (non-hydrogen) atoms. The van der Waals surface area contributed by atoms with Crippen LogP contribution in [-0.4, -0.2) is 107 Å². The van der Waals surface area contributed by atoms with Gasteiger partial charge in [0.1, 0.15) is 41.9 Å². The summed E-state index contributed by atoms with van der Waals surface area (Å²) < 4.78 is 146. The van der Waals surface area contributed by atoms with Crippen LogP contribution in [0.25, 0.3) is 0 Å². The first-order chi connectivity index (χ1) is 38.2. The Labute approximate surface area is 480 Å². The number of alkyl halides is 5. The minimum atomic E-state index is -4.93. The van der Waals surface area contributed by atoms with E-state index in [2.05, 4.69) is 25.4 Å². The molecule has 0 bridgehead atoms. The summed E-state index contributed by atoms with van der Waals surface area (Å²) in [4.78, 5) is 70.3. The van der Waals surface area contributed by atoms with Gasteiger partial charge in [0.25, 0.3) is 39.6 Å². The smallest absolute Gasteiger partial charge is 0.435 e. The van der Waals surface area contributed by atoms with Gasteiger partial charge < -0.3 is 52.2 Å². The van der Waals surface area contributed by atoms with Crippen LogP contribution in [0.4, 0.5) is 37.0 Å². The van der Waals surface area contributed by atoms with Gasteiger partial charge in [-0.3, -0.25) is 28.8 Å². The Morgan fingerprint density at radius 3 is 1.67 bits per heavy atom. The lowest BCUT2D eigenvalue weighted by Gasteiger charge is -2.16. The number of aliphatic hydroxyl groups excluding tert-OH is 1. The van der Waals surface area contributed by atoms with Crippen LogP contribution >= 0.6 is 34.0 Å². The van der Waals surface area contributed by atoms with Crippen molar-refractivity contribution in [2.75, 3.05) is 22.6 Å². The standard InChI is InChI=1S/C16H15F3N2O6S2.C16H16F2N2O6S2.C16H15N3O5S2/c1-8(7-22)14(24)21-15-11(13(20)23)6-12(28-15)29(25,26)10-4-2-9(3-5-10)27-16(17,18)19;1-16(2,23)14(22)19-13-11(7-8-27-13)12(21)20-28(24,25)10-5-3-9(4-6-10)26-15(17)18;1-16(2,22)15(21)19-14-12(13(18)20)11(8-25-14)26(23,24)10-5-3-9(7-17)4-6-10/h2-6,8,22H,7H2,1H3,(H2,20,23)(H,21,24);3-8,15,23H,1-2H3,(H,19,22)(H,20,21);3-6,8,22H,1-2H3,(H2,18,20)(H,19,21)/t8-;;/m1../s1. The molecule has 24 nitrogen and oxygen atoms in total. The molecule has 0 aliphatic heterocycles. The van der Waals surface area contributed by atoms with E-state index in [1.807, 2.05) is 10.8 Å². The molecule has 0 saturated heterocycles. The lowest BCUT2D eigenvalue weighted by atomic mass is 10.1. The molecule has 0 aliphatic rings. The third-order valence-electron chi connectivity index (χ3n) is 10.2. The predicted octanol–water partition coefficient (Wildman–Crippen LogP) is 5.58. The minimum absolute atomic E-state index is 0.0560. The van der Waals surface area contributed by atoms with E-state index in [9.17, 15) is 86.2 Å². The molecule has 0 unspecified atom stereocenters.